The fourth-order valence-electron chi connectivity index (χ4n) is 5.28. The highest BCUT2D eigenvalue weighted by Gasteiger charge is 2.19. The van der Waals surface area contributed by atoms with E-state index in [0.29, 0.717) is 33.9 Å². The average molecular weight is 621 g/mol. The van der Waals surface area contributed by atoms with E-state index in [4.69, 9.17) is 5.73 Å². The van der Waals surface area contributed by atoms with Gasteiger partial charge >= 0.3 is 0 Å². The van der Waals surface area contributed by atoms with Gasteiger partial charge in [-0.3, -0.25) is 14.1 Å². The van der Waals surface area contributed by atoms with Gasteiger partial charge in [0.2, 0.25) is 0 Å². The maximum Gasteiger partial charge on any atom is 0.258 e. The van der Waals surface area contributed by atoms with Crippen molar-refractivity contribution in [2.24, 2.45) is 5.73 Å². The van der Waals surface area contributed by atoms with E-state index in [1.54, 1.807) is 19.2 Å². The third kappa shape index (κ3) is 8.23. The van der Waals surface area contributed by atoms with E-state index in [-0.39, 0.29) is 11.0 Å². The van der Waals surface area contributed by atoms with E-state index in [2.05, 4.69) is 79.6 Å². The molecule has 4 N–H and O–H groups in total. The van der Waals surface area contributed by atoms with E-state index < -0.39 is 11.7 Å². The SMILES string of the molecule is C=C/C(=C\N)Nc1cccn2c(C#Cc3cc(C(=O)Nc4cc(CN(CCC)CCC)cc(C(C)(C)C)c4)c(F)cc3C)cnc12. The van der Waals surface area contributed by atoms with Crippen molar-refractivity contribution < 1.29 is 9.18 Å². The molecule has 2 heterocycles. The Hall–Kier alpha value is -4.87. The molecular weight excluding hydrogens is 575 g/mol. The second-order valence-corrected chi connectivity index (χ2v) is 12.5. The third-order valence-corrected chi connectivity index (χ3v) is 7.70. The molecule has 0 aliphatic carbocycles. The summed E-state index contributed by atoms with van der Waals surface area (Å²) in [7, 11) is 0. The van der Waals surface area contributed by atoms with Crippen LogP contribution in [-0.4, -0.2) is 33.3 Å². The van der Waals surface area contributed by atoms with Crippen LogP contribution in [-0.2, 0) is 12.0 Å². The largest absolute Gasteiger partial charge is 0.403 e. The van der Waals surface area contributed by atoms with Gasteiger partial charge in [0.15, 0.2) is 5.65 Å². The van der Waals surface area contributed by atoms with Crippen LogP contribution in [0.5, 0.6) is 0 Å². The lowest BCUT2D eigenvalue weighted by atomic mass is 9.85. The van der Waals surface area contributed by atoms with Crippen molar-refractivity contribution in [2.45, 2.75) is 66.3 Å². The third-order valence-electron chi connectivity index (χ3n) is 7.70. The van der Waals surface area contributed by atoms with Gasteiger partial charge in [0.05, 0.1) is 23.1 Å². The predicted octanol–water partition coefficient (Wildman–Crippen LogP) is 7.75. The number of aromatic nitrogens is 2. The Morgan fingerprint density at radius 1 is 1.11 bits per heavy atom. The summed E-state index contributed by atoms with van der Waals surface area (Å²) in [5, 5.41) is 6.17. The standard InChI is InChI=1S/C38H45FN6O/c1-8-15-44(16-9-2)25-27-19-29(38(5,6)7)22-31(20-27)43-37(46)33-21-28(26(4)18-34(33)39)13-14-32-24-41-36-35(12-11-17-45(32)36)42-30(10-3)23-40/h10-12,17-24,42H,3,8-9,15-16,25,40H2,1-2,4-7H3,(H,43,46)/b30-23+. The molecule has 0 bridgehead atoms. The Morgan fingerprint density at radius 2 is 1.85 bits per heavy atom. The molecule has 0 saturated heterocycles. The number of aryl methyl sites for hydroxylation is 1. The summed E-state index contributed by atoms with van der Waals surface area (Å²) in [4.78, 5) is 20.5. The predicted molar refractivity (Wildman–Crippen MR) is 187 cm³/mol. The molecule has 0 saturated carbocycles. The zero-order valence-corrected chi connectivity index (χ0v) is 27.8. The molecule has 0 spiro atoms. The number of carbonyl (C=O) groups is 1. The van der Waals surface area contributed by atoms with Crippen LogP contribution in [0.1, 0.15) is 85.8 Å². The highest BCUT2D eigenvalue weighted by molar-refractivity contribution is 6.05. The van der Waals surface area contributed by atoms with Crippen LogP contribution in [0, 0.1) is 24.6 Å². The number of amides is 1. The number of halogens is 1. The van der Waals surface area contributed by atoms with Crippen LogP contribution in [0.2, 0.25) is 0 Å². The fraction of sp³-hybridized carbons (Fsp3) is 0.316. The molecule has 1 amide bonds. The highest BCUT2D eigenvalue weighted by Crippen LogP contribution is 2.28. The molecule has 46 heavy (non-hydrogen) atoms. The molecule has 0 aliphatic heterocycles. The van der Waals surface area contributed by atoms with E-state index in [0.717, 1.165) is 49.3 Å². The number of imidazole rings is 1. The molecule has 2 aromatic heterocycles. The lowest BCUT2D eigenvalue weighted by Gasteiger charge is -2.25. The van der Waals surface area contributed by atoms with Crippen LogP contribution in [0.4, 0.5) is 15.8 Å². The quantitative estimate of drug-likeness (QED) is 0.118. The minimum absolute atomic E-state index is 0.0636. The molecular formula is C38H45FN6O. The first-order valence-corrected chi connectivity index (χ1v) is 15.7. The summed E-state index contributed by atoms with van der Waals surface area (Å²) >= 11 is 0. The molecule has 0 fully saturated rings. The fourth-order valence-corrected chi connectivity index (χ4v) is 5.28. The minimum atomic E-state index is -0.596. The molecule has 8 heteroatoms. The number of carbonyl (C=O) groups excluding carboxylic acids is 1. The molecule has 0 aliphatic rings. The summed E-state index contributed by atoms with van der Waals surface area (Å²) in [5.41, 5.74) is 12.2. The number of nitrogens with one attached hydrogen (secondary N) is 2. The van der Waals surface area contributed by atoms with E-state index >= 15 is 4.39 Å². The number of benzene rings is 2. The first-order chi connectivity index (χ1) is 22.0. The maximum atomic E-state index is 15.2. The van der Waals surface area contributed by atoms with E-state index in [1.165, 1.54) is 18.3 Å². The number of hydrogen-bond acceptors (Lipinski definition) is 5. The minimum Gasteiger partial charge on any atom is -0.403 e. The Morgan fingerprint density at radius 3 is 2.50 bits per heavy atom. The van der Waals surface area contributed by atoms with Crippen LogP contribution in [0.25, 0.3) is 5.65 Å². The van der Waals surface area contributed by atoms with Gasteiger partial charge in [-0.2, -0.15) is 0 Å². The number of fused-ring (bicyclic) bond motifs is 1. The second kappa shape index (κ2) is 14.9. The highest BCUT2D eigenvalue weighted by atomic mass is 19.1. The van der Waals surface area contributed by atoms with Gasteiger partial charge in [-0.15, -0.1) is 0 Å². The van der Waals surface area contributed by atoms with Gasteiger partial charge < -0.3 is 16.4 Å². The maximum absolute atomic E-state index is 15.2. The molecule has 4 aromatic rings. The summed E-state index contributed by atoms with van der Waals surface area (Å²) in [5.74, 6) is 5.16. The van der Waals surface area contributed by atoms with Crippen LogP contribution in [0.3, 0.4) is 0 Å². The number of allylic oxidation sites excluding steroid dienone is 1. The lowest BCUT2D eigenvalue weighted by molar-refractivity contribution is 0.102. The van der Waals surface area contributed by atoms with Crippen molar-refractivity contribution in [2.75, 3.05) is 23.7 Å². The zero-order chi connectivity index (χ0) is 33.4. The van der Waals surface area contributed by atoms with Crippen molar-refractivity contribution >= 4 is 22.9 Å². The Balaban J connectivity index is 1.64. The second-order valence-electron chi connectivity index (χ2n) is 12.5. The first kappa shape index (κ1) is 34.0. The van der Waals surface area contributed by atoms with Crippen molar-refractivity contribution in [3.05, 3.63) is 119 Å². The summed E-state index contributed by atoms with van der Waals surface area (Å²) in [6.45, 7) is 19.1. The van der Waals surface area contributed by atoms with Gasteiger partial charge in [-0.1, -0.05) is 53.2 Å². The molecule has 0 unspecified atom stereocenters. The van der Waals surface area contributed by atoms with E-state index in [1.807, 2.05) is 34.9 Å². The van der Waals surface area contributed by atoms with Crippen molar-refractivity contribution in [1.82, 2.24) is 14.3 Å². The first-order valence-electron chi connectivity index (χ1n) is 15.7. The number of rotatable bonds is 11. The number of anilines is 2. The molecule has 0 radical (unpaired) electrons. The Kier molecular flexibility index (Phi) is 11.0. The summed E-state index contributed by atoms with van der Waals surface area (Å²) in [6, 6.07) is 12.8. The average Bonchev–Trinajstić information content (AvgIpc) is 3.43. The molecule has 2 aromatic carbocycles. The number of hydrogen-bond donors (Lipinski definition) is 3. The number of nitrogens with two attached hydrogens (primary N) is 1. The van der Waals surface area contributed by atoms with Crippen LogP contribution >= 0.6 is 0 Å². The van der Waals surface area contributed by atoms with Crippen LogP contribution in [0.15, 0.2) is 79.4 Å². The smallest absolute Gasteiger partial charge is 0.258 e. The van der Waals surface area contributed by atoms with Gasteiger partial charge in [0.25, 0.3) is 5.91 Å². The lowest BCUT2D eigenvalue weighted by Crippen LogP contribution is -2.25. The van der Waals surface area contributed by atoms with Crippen molar-refractivity contribution in [3.8, 4) is 11.8 Å². The Labute approximate surface area is 272 Å². The number of pyridine rings is 1. The molecule has 7 nitrogen and oxygen atoms in total. The van der Waals surface area contributed by atoms with E-state index in [9.17, 15) is 4.79 Å². The normalized spacial score (nSPS) is 11.8. The monoisotopic (exact) mass is 620 g/mol. The van der Waals surface area contributed by atoms with Crippen molar-refractivity contribution in [1.29, 1.82) is 0 Å². The number of nitrogens with zero attached hydrogens (tertiary/aromatic N) is 3. The topological polar surface area (TPSA) is 87.7 Å². The van der Waals surface area contributed by atoms with Gasteiger partial charge in [-0.25, -0.2) is 9.37 Å². The van der Waals surface area contributed by atoms with Crippen molar-refractivity contribution in [3.63, 3.8) is 0 Å². The summed E-state index contributed by atoms with van der Waals surface area (Å²) in [6.07, 6.45) is 8.71. The van der Waals surface area contributed by atoms with Gasteiger partial charge in [0, 0.05) is 30.2 Å². The molecule has 4 rings (SSSR count). The molecule has 240 valence electrons. The van der Waals surface area contributed by atoms with Gasteiger partial charge in [0.1, 0.15) is 11.5 Å². The zero-order valence-electron chi connectivity index (χ0n) is 27.8. The van der Waals surface area contributed by atoms with Gasteiger partial charge in [-0.05, 0) is 103 Å². The summed E-state index contributed by atoms with van der Waals surface area (Å²) < 4.78 is 17.1. The molecule has 0 atom stereocenters. The van der Waals surface area contributed by atoms with Crippen LogP contribution < -0.4 is 16.4 Å². The Bertz CT molecular complexity index is 1810.